The van der Waals surface area contributed by atoms with Gasteiger partial charge in [-0.1, -0.05) is 37.3 Å². The summed E-state index contributed by atoms with van der Waals surface area (Å²) in [4.78, 5) is 0. The van der Waals surface area contributed by atoms with Gasteiger partial charge in [-0.3, -0.25) is 0 Å². The molecule has 2 rings (SSSR count). The maximum Gasteiger partial charge on any atom is 0.0416 e. The lowest BCUT2D eigenvalue weighted by molar-refractivity contribution is 1.14. The third-order valence-corrected chi connectivity index (χ3v) is 3.12. The summed E-state index contributed by atoms with van der Waals surface area (Å²) in [5, 5.41) is 3.52. The third kappa shape index (κ3) is 2.68. The van der Waals surface area contributed by atoms with Crippen LogP contribution >= 0.6 is 0 Å². The Morgan fingerprint density at radius 2 is 1.59 bits per heavy atom. The van der Waals surface area contributed by atoms with Gasteiger partial charge in [-0.15, -0.1) is 0 Å². The van der Waals surface area contributed by atoms with Gasteiger partial charge in [-0.2, -0.15) is 0 Å². The van der Waals surface area contributed by atoms with Gasteiger partial charge in [0.2, 0.25) is 0 Å². The number of para-hydroxylation sites is 1. The fraction of sp³-hybridized carbons (Fsp3) is 0.250. The molecular formula is C16H19N. The van der Waals surface area contributed by atoms with Crippen molar-refractivity contribution in [2.24, 2.45) is 0 Å². The summed E-state index contributed by atoms with van der Waals surface area (Å²) in [6.07, 6.45) is 1.07. The molecular weight excluding hydrogens is 206 g/mol. The lowest BCUT2D eigenvalue weighted by atomic mass is 10.1. The van der Waals surface area contributed by atoms with E-state index in [1.54, 1.807) is 0 Å². The molecule has 0 unspecified atom stereocenters. The van der Waals surface area contributed by atoms with Crippen molar-refractivity contribution in [3.63, 3.8) is 0 Å². The predicted molar refractivity (Wildman–Crippen MR) is 75.0 cm³/mol. The summed E-state index contributed by atoms with van der Waals surface area (Å²) in [6.45, 7) is 6.45. The van der Waals surface area contributed by atoms with Crippen LogP contribution in [0.15, 0.2) is 42.5 Å². The largest absolute Gasteiger partial charge is 0.355 e. The minimum Gasteiger partial charge on any atom is -0.355 e. The molecule has 0 spiro atoms. The summed E-state index contributed by atoms with van der Waals surface area (Å²) in [5.74, 6) is 0. The van der Waals surface area contributed by atoms with Gasteiger partial charge < -0.3 is 5.32 Å². The van der Waals surface area contributed by atoms with Crippen LogP contribution in [0.3, 0.4) is 0 Å². The highest BCUT2D eigenvalue weighted by atomic mass is 14.9. The first-order valence-electron chi connectivity index (χ1n) is 6.13. The molecule has 1 heteroatoms. The van der Waals surface area contributed by atoms with E-state index in [4.69, 9.17) is 0 Å². The molecule has 0 saturated carbocycles. The van der Waals surface area contributed by atoms with E-state index < -0.39 is 0 Å². The van der Waals surface area contributed by atoms with Crippen molar-refractivity contribution in [2.75, 3.05) is 5.32 Å². The summed E-state index contributed by atoms with van der Waals surface area (Å²) >= 11 is 0. The number of hydrogen-bond acceptors (Lipinski definition) is 1. The van der Waals surface area contributed by atoms with Crippen LogP contribution in [0, 0.1) is 13.8 Å². The van der Waals surface area contributed by atoms with Crippen LogP contribution in [0.2, 0.25) is 0 Å². The maximum absolute atomic E-state index is 3.52. The highest BCUT2D eigenvalue weighted by Gasteiger charge is 2.02. The standard InChI is InChI=1S/C16H19N/c1-4-14-10-9-13(3)16(11-14)17-15-8-6-5-7-12(15)2/h5-11,17H,4H2,1-3H3. The summed E-state index contributed by atoms with van der Waals surface area (Å²) in [7, 11) is 0. The summed E-state index contributed by atoms with van der Waals surface area (Å²) < 4.78 is 0. The summed E-state index contributed by atoms with van der Waals surface area (Å²) in [6, 6.07) is 15.0. The number of aryl methyl sites for hydroxylation is 3. The van der Waals surface area contributed by atoms with Crippen molar-refractivity contribution in [1.82, 2.24) is 0 Å². The SMILES string of the molecule is CCc1ccc(C)c(Nc2ccccc2C)c1. The van der Waals surface area contributed by atoms with E-state index in [9.17, 15) is 0 Å². The molecule has 0 saturated heterocycles. The van der Waals surface area contributed by atoms with Crippen LogP contribution in [0.1, 0.15) is 23.6 Å². The zero-order valence-electron chi connectivity index (χ0n) is 10.7. The Morgan fingerprint density at radius 1 is 0.882 bits per heavy atom. The molecule has 17 heavy (non-hydrogen) atoms. The molecule has 2 aromatic rings. The highest BCUT2D eigenvalue weighted by molar-refractivity contribution is 5.66. The zero-order chi connectivity index (χ0) is 12.3. The van der Waals surface area contributed by atoms with Gasteiger partial charge in [0.1, 0.15) is 0 Å². The van der Waals surface area contributed by atoms with Crippen molar-refractivity contribution in [3.8, 4) is 0 Å². The fourth-order valence-corrected chi connectivity index (χ4v) is 1.88. The second kappa shape index (κ2) is 5.05. The lowest BCUT2D eigenvalue weighted by Crippen LogP contribution is -1.96. The van der Waals surface area contributed by atoms with Gasteiger partial charge in [0.15, 0.2) is 0 Å². The van der Waals surface area contributed by atoms with Crippen molar-refractivity contribution >= 4 is 11.4 Å². The fourth-order valence-electron chi connectivity index (χ4n) is 1.88. The number of rotatable bonds is 3. The molecule has 0 aliphatic carbocycles. The quantitative estimate of drug-likeness (QED) is 0.804. The maximum atomic E-state index is 3.52. The Kier molecular flexibility index (Phi) is 3.48. The zero-order valence-corrected chi connectivity index (χ0v) is 10.7. The highest BCUT2D eigenvalue weighted by Crippen LogP contribution is 2.24. The van der Waals surface area contributed by atoms with Crippen LogP contribution in [0.25, 0.3) is 0 Å². The molecule has 0 aromatic heterocycles. The monoisotopic (exact) mass is 225 g/mol. The Morgan fingerprint density at radius 3 is 2.29 bits per heavy atom. The predicted octanol–water partition coefficient (Wildman–Crippen LogP) is 4.61. The van der Waals surface area contributed by atoms with Gasteiger partial charge in [-0.25, -0.2) is 0 Å². The topological polar surface area (TPSA) is 12.0 Å². The van der Waals surface area contributed by atoms with E-state index in [1.165, 1.54) is 28.1 Å². The smallest absolute Gasteiger partial charge is 0.0416 e. The Bertz CT molecular complexity index is 515. The van der Waals surface area contributed by atoms with Gasteiger partial charge in [0.25, 0.3) is 0 Å². The van der Waals surface area contributed by atoms with Crippen molar-refractivity contribution < 1.29 is 0 Å². The van der Waals surface area contributed by atoms with Crippen LogP contribution in [0.5, 0.6) is 0 Å². The van der Waals surface area contributed by atoms with Gasteiger partial charge in [0.05, 0.1) is 0 Å². The van der Waals surface area contributed by atoms with Gasteiger partial charge in [-0.05, 0) is 49.1 Å². The number of benzene rings is 2. The minimum absolute atomic E-state index is 1.07. The molecule has 0 radical (unpaired) electrons. The Balaban J connectivity index is 2.32. The van der Waals surface area contributed by atoms with E-state index in [0.29, 0.717) is 0 Å². The first kappa shape index (κ1) is 11.7. The van der Waals surface area contributed by atoms with Crippen molar-refractivity contribution in [2.45, 2.75) is 27.2 Å². The lowest BCUT2D eigenvalue weighted by Gasteiger charge is -2.13. The molecule has 0 amide bonds. The normalized spacial score (nSPS) is 10.3. The number of nitrogens with one attached hydrogen (secondary N) is 1. The van der Waals surface area contributed by atoms with E-state index in [-0.39, 0.29) is 0 Å². The van der Waals surface area contributed by atoms with Gasteiger partial charge >= 0.3 is 0 Å². The molecule has 0 fully saturated rings. The van der Waals surface area contributed by atoms with Crippen molar-refractivity contribution in [3.05, 3.63) is 59.2 Å². The average molecular weight is 225 g/mol. The van der Waals surface area contributed by atoms with E-state index in [1.807, 2.05) is 0 Å². The molecule has 2 aromatic carbocycles. The summed E-state index contributed by atoms with van der Waals surface area (Å²) in [5.41, 5.74) is 6.31. The van der Waals surface area contributed by atoms with E-state index >= 15 is 0 Å². The van der Waals surface area contributed by atoms with E-state index in [2.05, 4.69) is 68.6 Å². The molecule has 1 nitrogen and oxygen atoms in total. The van der Waals surface area contributed by atoms with Crippen LogP contribution in [-0.4, -0.2) is 0 Å². The Hall–Kier alpha value is -1.76. The van der Waals surface area contributed by atoms with Crippen LogP contribution in [0.4, 0.5) is 11.4 Å². The number of hydrogen-bond donors (Lipinski definition) is 1. The molecule has 0 atom stereocenters. The molecule has 1 N–H and O–H groups in total. The molecule has 0 aliphatic rings. The molecule has 0 heterocycles. The van der Waals surface area contributed by atoms with Gasteiger partial charge in [0, 0.05) is 11.4 Å². The minimum atomic E-state index is 1.07. The molecule has 0 bridgehead atoms. The van der Waals surface area contributed by atoms with Crippen LogP contribution < -0.4 is 5.32 Å². The van der Waals surface area contributed by atoms with E-state index in [0.717, 1.165) is 6.42 Å². The number of anilines is 2. The average Bonchev–Trinajstić information content (AvgIpc) is 2.35. The second-order valence-corrected chi connectivity index (χ2v) is 4.44. The van der Waals surface area contributed by atoms with Crippen LogP contribution in [-0.2, 0) is 6.42 Å². The first-order valence-corrected chi connectivity index (χ1v) is 6.13. The van der Waals surface area contributed by atoms with Crippen molar-refractivity contribution in [1.29, 1.82) is 0 Å². The third-order valence-electron chi connectivity index (χ3n) is 3.12. The Labute approximate surface area is 103 Å². The first-order chi connectivity index (χ1) is 8.20. The molecule has 0 aliphatic heterocycles. The second-order valence-electron chi connectivity index (χ2n) is 4.44. The molecule has 88 valence electrons.